The smallest absolute Gasteiger partial charge is 0.264 e. The normalized spacial score (nSPS) is 9.88. The fraction of sp³-hybridized carbons (Fsp3) is 0. The lowest BCUT2D eigenvalue weighted by atomic mass is 10.2. The second-order valence-electron chi connectivity index (χ2n) is 3.23. The van der Waals surface area contributed by atoms with Gasteiger partial charge >= 0.3 is 0 Å². The van der Waals surface area contributed by atoms with Crippen LogP contribution in [0.3, 0.4) is 0 Å². The Hall–Kier alpha value is -2.70. The van der Waals surface area contributed by atoms with Gasteiger partial charge in [-0.25, -0.2) is 10.1 Å². The number of rotatable bonds is 2. The van der Waals surface area contributed by atoms with E-state index in [1.807, 2.05) is 0 Å². The van der Waals surface area contributed by atoms with E-state index in [9.17, 15) is 9.59 Å². The van der Waals surface area contributed by atoms with E-state index in [2.05, 4.69) is 20.5 Å². The summed E-state index contributed by atoms with van der Waals surface area (Å²) < 4.78 is 0. The minimum Gasteiger partial charge on any atom is -0.384 e. The molecule has 2 heterocycles. The number of nitrogens with zero attached hydrogens (tertiary/aromatic N) is 2. The lowest BCUT2D eigenvalue weighted by Crippen LogP contribution is -2.16. The van der Waals surface area contributed by atoms with Gasteiger partial charge in [0.1, 0.15) is 5.82 Å². The standard InChI is InChI=1S/C10H9N5O2/c11-7-5-6(3-4-12-7)10(17)13-8-1-2-9(16)15-14-8/h1-5H,(H2,11,12)(H,15,16)(H,13,14,17). The summed E-state index contributed by atoms with van der Waals surface area (Å²) in [5.41, 5.74) is 5.48. The van der Waals surface area contributed by atoms with Crippen LogP contribution in [0.15, 0.2) is 35.3 Å². The molecule has 2 aromatic rings. The number of nitrogens with two attached hydrogens (primary N) is 1. The first-order chi connectivity index (χ1) is 8.15. The average molecular weight is 231 g/mol. The molecule has 7 nitrogen and oxygen atoms in total. The molecular formula is C10H9N5O2. The molecule has 0 unspecified atom stereocenters. The van der Waals surface area contributed by atoms with Crippen LogP contribution >= 0.6 is 0 Å². The van der Waals surface area contributed by atoms with Gasteiger partial charge in [-0.05, 0) is 18.2 Å². The van der Waals surface area contributed by atoms with Crippen molar-refractivity contribution in [3.05, 3.63) is 46.4 Å². The van der Waals surface area contributed by atoms with Crippen LogP contribution in [0.2, 0.25) is 0 Å². The molecule has 0 fully saturated rings. The summed E-state index contributed by atoms with van der Waals surface area (Å²) in [6, 6.07) is 5.64. The number of pyridine rings is 1. The van der Waals surface area contributed by atoms with Gasteiger partial charge < -0.3 is 11.1 Å². The van der Waals surface area contributed by atoms with Crippen LogP contribution in [0.5, 0.6) is 0 Å². The maximum absolute atomic E-state index is 11.7. The lowest BCUT2D eigenvalue weighted by Gasteiger charge is -2.03. The molecule has 0 bridgehead atoms. The van der Waals surface area contributed by atoms with Crippen molar-refractivity contribution in [2.75, 3.05) is 11.1 Å². The van der Waals surface area contributed by atoms with Crippen molar-refractivity contribution in [3.8, 4) is 0 Å². The van der Waals surface area contributed by atoms with Gasteiger partial charge in [0.2, 0.25) is 0 Å². The zero-order valence-corrected chi connectivity index (χ0v) is 8.68. The van der Waals surface area contributed by atoms with Gasteiger partial charge in [-0.2, -0.15) is 5.10 Å². The molecule has 2 aromatic heterocycles. The largest absolute Gasteiger partial charge is 0.384 e. The Kier molecular flexibility index (Phi) is 2.82. The third-order valence-corrected chi connectivity index (χ3v) is 1.96. The molecule has 2 rings (SSSR count). The number of aromatic amines is 1. The second-order valence-corrected chi connectivity index (χ2v) is 3.23. The van der Waals surface area contributed by atoms with Crippen LogP contribution in [-0.2, 0) is 0 Å². The van der Waals surface area contributed by atoms with Gasteiger partial charge in [0.15, 0.2) is 5.82 Å². The molecule has 0 radical (unpaired) electrons. The van der Waals surface area contributed by atoms with Gasteiger partial charge in [0.25, 0.3) is 11.5 Å². The molecule has 7 heteroatoms. The SMILES string of the molecule is Nc1cc(C(=O)Nc2ccc(=O)[nH]n2)ccn1. The summed E-state index contributed by atoms with van der Waals surface area (Å²) in [6.07, 6.45) is 1.44. The van der Waals surface area contributed by atoms with Crippen molar-refractivity contribution in [2.24, 2.45) is 0 Å². The number of carbonyl (C=O) groups is 1. The number of aromatic nitrogens is 3. The highest BCUT2D eigenvalue weighted by atomic mass is 16.2. The van der Waals surface area contributed by atoms with Crippen molar-refractivity contribution in [1.29, 1.82) is 0 Å². The molecule has 0 aliphatic carbocycles. The lowest BCUT2D eigenvalue weighted by molar-refractivity contribution is 0.102. The summed E-state index contributed by atoms with van der Waals surface area (Å²) >= 11 is 0. The summed E-state index contributed by atoms with van der Waals surface area (Å²) in [5.74, 6) is 0.135. The molecule has 0 aliphatic heterocycles. The van der Waals surface area contributed by atoms with Crippen LogP contribution in [0.1, 0.15) is 10.4 Å². The van der Waals surface area contributed by atoms with E-state index >= 15 is 0 Å². The van der Waals surface area contributed by atoms with Crippen molar-refractivity contribution >= 4 is 17.5 Å². The summed E-state index contributed by atoms with van der Waals surface area (Å²) in [6.45, 7) is 0. The molecule has 4 N–H and O–H groups in total. The molecule has 0 aromatic carbocycles. The van der Waals surface area contributed by atoms with Crippen molar-refractivity contribution in [2.45, 2.75) is 0 Å². The van der Waals surface area contributed by atoms with E-state index in [1.54, 1.807) is 0 Å². The van der Waals surface area contributed by atoms with Gasteiger partial charge in [-0.3, -0.25) is 9.59 Å². The van der Waals surface area contributed by atoms with Crippen LogP contribution in [0, 0.1) is 0 Å². The fourth-order valence-electron chi connectivity index (χ4n) is 1.19. The van der Waals surface area contributed by atoms with Gasteiger partial charge in [0, 0.05) is 17.8 Å². The van der Waals surface area contributed by atoms with E-state index in [0.717, 1.165) is 0 Å². The number of H-pyrrole nitrogens is 1. The molecule has 1 amide bonds. The molecule has 0 saturated heterocycles. The molecular weight excluding hydrogens is 222 g/mol. The first-order valence-electron chi connectivity index (χ1n) is 4.74. The van der Waals surface area contributed by atoms with Crippen molar-refractivity contribution in [3.63, 3.8) is 0 Å². The molecule has 0 spiro atoms. The van der Waals surface area contributed by atoms with E-state index in [1.165, 1.54) is 30.5 Å². The zero-order chi connectivity index (χ0) is 12.3. The van der Waals surface area contributed by atoms with Crippen LogP contribution in [0.25, 0.3) is 0 Å². The highest BCUT2D eigenvalue weighted by Crippen LogP contribution is 2.06. The average Bonchev–Trinajstić information content (AvgIpc) is 2.32. The number of carbonyl (C=O) groups excluding carboxylic acids is 1. The third kappa shape index (κ3) is 2.65. The van der Waals surface area contributed by atoms with Crippen LogP contribution in [-0.4, -0.2) is 21.1 Å². The maximum atomic E-state index is 11.7. The maximum Gasteiger partial charge on any atom is 0.264 e. The first-order valence-corrected chi connectivity index (χ1v) is 4.74. The van der Waals surface area contributed by atoms with E-state index in [-0.39, 0.29) is 23.1 Å². The van der Waals surface area contributed by atoms with E-state index < -0.39 is 0 Å². The minimum absolute atomic E-state index is 0.255. The van der Waals surface area contributed by atoms with Crippen LogP contribution in [0.4, 0.5) is 11.6 Å². The summed E-state index contributed by atoms with van der Waals surface area (Å²) in [4.78, 5) is 26.3. The van der Waals surface area contributed by atoms with Crippen molar-refractivity contribution < 1.29 is 4.79 Å². The Morgan fingerprint density at radius 3 is 2.82 bits per heavy atom. The molecule has 0 atom stereocenters. The fourth-order valence-corrected chi connectivity index (χ4v) is 1.19. The monoisotopic (exact) mass is 231 g/mol. The number of amides is 1. The predicted octanol–water partition coefficient (Wildman–Crippen LogP) is -0.000600. The topological polar surface area (TPSA) is 114 Å². The predicted molar refractivity (Wildman–Crippen MR) is 61.5 cm³/mol. The quantitative estimate of drug-likeness (QED) is 0.673. The Morgan fingerprint density at radius 2 is 2.18 bits per heavy atom. The minimum atomic E-state index is -0.376. The second kappa shape index (κ2) is 4.44. The van der Waals surface area contributed by atoms with E-state index in [4.69, 9.17) is 5.73 Å². The Morgan fingerprint density at radius 1 is 1.35 bits per heavy atom. The number of hydrogen-bond acceptors (Lipinski definition) is 5. The number of nitrogens with one attached hydrogen (secondary N) is 2. The molecule has 17 heavy (non-hydrogen) atoms. The third-order valence-electron chi connectivity index (χ3n) is 1.96. The van der Waals surface area contributed by atoms with Crippen molar-refractivity contribution in [1.82, 2.24) is 15.2 Å². The highest BCUT2D eigenvalue weighted by molar-refractivity contribution is 6.03. The summed E-state index contributed by atoms with van der Waals surface area (Å²) in [7, 11) is 0. The van der Waals surface area contributed by atoms with E-state index in [0.29, 0.717) is 5.56 Å². The number of hydrogen-bond donors (Lipinski definition) is 3. The number of nitrogen functional groups attached to an aromatic ring is 1. The molecule has 0 aliphatic rings. The first kappa shape index (κ1) is 10.8. The van der Waals surface area contributed by atoms with Gasteiger partial charge in [-0.15, -0.1) is 0 Å². The Bertz CT molecular complexity index is 587. The van der Waals surface area contributed by atoms with Crippen LogP contribution < -0.4 is 16.6 Å². The molecule has 86 valence electrons. The zero-order valence-electron chi connectivity index (χ0n) is 8.68. The Balaban J connectivity index is 2.17. The van der Waals surface area contributed by atoms with Gasteiger partial charge in [0.05, 0.1) is 0 Å². The molecule has 0 saturated carbocycles. The number of anilines is 2. The highest BCUT2D eigenvalue weighted by Gasteiger charge is 2.07. The summed E-state index contributed by atoms with van der Waals surface area (Å²) in [5, 5.41) is 8.37. The van der Waals surface area contributed by atoms with Gasteiger partial charge in [-0.1, -0.05) is 0 Å². The Labute approximate surface area is 95.7 Å².